The highest BCUT2D eigenvalue weighted by atomic mass is 32.2. The van der Waals surface area contributed by atoms with Crippen LogP contribution in [-0.2, 0) is 0 Å². The minimum absolute atomic E-state index is 1.18. The Morgan fingerprint density at radius 1 is 0.370 bits per heavy atom. The Hall–Kier alpha value is -5.57. The summed E-state index contributed by atoms with van der Waals surface area (Å²) in [5.74, 6) is 0. The molecule has 2 heteroatoms. The highest BCUT2D eigenvalue weighted by Crippen LogP contribution is 2.49. The van der Waals surface area contributed by atoms with Crippen LogP contribution in [0.15, 0.2) is 174 Å². The number of hydrogen-bond acceptors (Lipinski definition) is 1. The zero-order valence-corrected chi connectivity index (χ0v) is 25.8. The maximum atomic E-state index is 2.40. The van der Waals surface area contributed by atoms with Crippen LogP contribution in [0.5, 0.6) is 0 Å². The van der Waals surface area contributed by atoms with E-state index in [4.69, 9.17) is 0 Å². The van der Waals surface area contributed by atoms with E-state index in [0.717, 1.165) is 0 Å². The average Bonchev–Trinajstić information content (AvgIpc) is 3.43. The Bertz CT molecular complexity index is 2660. The second-order valence-corrected chi connectivity index (χ2v) is 13.3. The molecular weight excluding hydrogens is 575 g/mol. The van der Waals surface area contributed by atoms with Crippen molar-refractivity contribution >= 4 is 55.1 Å². The number of aromatic nitrogens is 1. The molecule has 2 heterocycles. The van der Waals surface area contributed by atoms with Crippen LogP contribution in [-0.4, -0.2) is 4.57 Å². The maximum absolute atomic E-state index is 2.40. The van der Waals surface area contributed by atoms with Crippen molar-refractivity contribution in [2.45, 2.75) is 9.79 Å². The summed E-state index contributed by atoms with van der Waals surface area (Å²) in [6, 6.07) is 60.3. The Labute approximate surface area is 271 Å². The third-order valence-electron chi connectivity index (χ3n) is 9.53. The number of hydrogen-bond donors (Lipinski definition) is 0. The average molecular weight is 602 g/mol. The van der Waals surface area contributed by atoms with E-state index >= 15 is 0 Å². The van der Waals surface area contributed by atoms with Crippen molar-refractivity contribution in [1.29, 1.82) is 0 Å². The van der Waals surface area contributed by atoms with E-state index in [0.29, 0.717) is 0 Å². The fraction of sp³-hybridized carbons (Fsp3) is 0. The van der Waals surface area contributed by atoms with E-state index in [-0.39, 0.29) is 0 Å². The Kier molecular flexibility index (Phi) is 5.58. The SMILES string of the molecule is c1ccc(-n2c3ccc(-c4cccc(-c5ccc6c(c5)-c5cccc7cccc(c57)S6)c4)cc3c3cc4ccccc4cc32)cc1. The van der Waals surface area contributed by atoms with Gasteiger partial charge in [0.05, 0.1) is 11.0 Å². The molecule has 0 atom stereocenters. The van der Waals surface area contributed by atoms with Gasteiger partial charge in [0.2, 0.25) is 0 Å². The van der Waals surface area contributed by atoms with E-state index < -0.39 is 0 Å². The molecule has 0 aliphatic carbocycles. The molecule has 8 aromatic carbocycles. The number of fused-ring (bicyclic) bond motifs is 6. The second-order valence-electron chi connectivity index (χ2n) is 12.2. The normalized spacial score (nSPS) is 12.3. The smallest absolute Gasteiger partial charge is 0.0547 e. The molecule has 0 bridgehead atoms. The minimum atomic E-state index is 1.18. The fourth-order valence-electron chi connectivity index (χ4n) is 7.36. The van der Waals surface area contributed by atoms with Crippen LogP contribution in [0.3, 0.4) is 0 Å². The van der Waals surface area contributed by atoms with Gasteiger partial charge in [0.15, 0.2) is 0 Å². The van der Waals surface area contributed by atoms with Gasteiger partial charge >= 0.3 is 0 Å². The quantitative estimate of drug-likeness (QED) is 0.195. The molecule has 9 aromatic rings. The minimum Gasteiger partial charge on any atom is -0.309 e. The first-order chi connectivity index (χ1) is 22.8. The summed E-state index contributed by atoms with van der Waals surface area (Å²) in [5.41, 5.74) is 11.2. The van der Waals surface area contributed by atoms with Crippen LogP contribution in [0, 0.1) is 0 Å². The molecule has 0 N–H and O–H groups in total. The van der Waals surface area contributed by atoms with E-state index in [2.05, 4.69) is 168 Å². The van der Waals surface area contributed by atoms with Crippen molar-refractivity contribution in [3.8, 4) is 39.1 Å². The van der Waals surface area contributed by atoms with Gasteiger partial charge in [0.25, 0.3) is 0 Å². The first kappa shape index (κ1) is 25.7. The lowest BCUT2D eigenvalue weighted by Crippen LogP contribution is -1.93. The molecule has 0 saturated heterocycles. The number of para-hydroxylation sites is 1. The molecule has 0 amide bonds. The molecule has 10 rings (SSSR count). The molecule has 0 radical (unpaired) electrons. The Balaban J connectivity index is 1.12. The first-order valence-electron chi connectivity index (χ1n) is 15.8. The molecule has 0 spiro atoms. The topological polar surface area (TPSA) is 4.93 Å². The number of rotatable bonds is 3. The molecule has 1 aromatic heterocycles. The number of nitrogens with zero attached hydrogens (tertiary/aromatic N) is 1. The molecular formula is C44H27NS. The lowest BCUT2D eigenvalue weighted by atomic mass is 9.93. The number of benzene rings is 8. The molecule has 1 aliphatic heterocycles. The van der Waals surface area contributed by atoms with Gasteiger partial charge in [0, 0.05) is 31.6 Å². The van der Waals surface area contributed by atoms with E-state index in [1.54, 1.807) is 0 Å². The molecule has 1 nitrogen and oxygen atoms in total. The van der Waals surface area contributed by atoms with E-state index in [1.165, 1.54) is 92.2 Å². The lowest BCUT2D eigenvalue weighted by molar-refractivity contribution is 1.18. The van der Waals surface area contributed by atoms with Gasteiger partial charge < -0.3 is 4.57 Å². The highest BCUT2D eigenvalue weighted by Gasteiger charge is 2.20. The van der Waals surface area contributed by atoms with Crippen molar-refractivity contribution in [3.05, 3.63) is 164 Å². The third-order valence-corrected chi connectivity index (χ3v) is 10.7. The van der Waals surface area contributed by atoms with Gasteiger partial charge in [-0.15, -0.1) is 0 Å². The Morgan fingerprint density at radius 3 is 1.87 bits per heavy atom. The summed E-state index contributed by atoms with van der Waals surface area (Å²) in [6.45, 7) is 0. The van der Waals surface area contributed by atoms with Crippen LogP contribution in [0.4, 0.5) is 0 Å². The summed E-state index contributed by atoms with van der Waals surface area (Å²) in [5, 5.41) is 7.73. The molecule has 46 heavy (non-hydrogen) atoms. The lowest BCUT2D eigenvalue weighted by Gasteiger charge is -2.21. The zero-order chi connectivity index (χ0) is 30.2. The molecule has 0 unspecified atom stereocenters. The monoisotopic (exact) mass is 601 g/mol. The van der Waals surface area contributed by atoms with Crippen molar-refractivity contribution in [2.75, 3.05) is 0 Å². The summed E-state index contributed by atoms with van der Waals surface area (Å²) in [7, 11) is 0. The zero-order valence-electron chi connectivity index (χ0n) is 24.9. The van der Waals surface area contributed by atoms with Crippen molar-refractivity contribution in [1.82, 2.24) is 4.57 Å². The summed E-state index contributed by atoms with van der Waals surface area (Å²) in [4.78, 5) is 2.66. The van der Waals surface area contributed by atoms with Crippen molar-refractivity contribution < 1.29 is 0 Å². The summed E-state index contributed by atoms with van der Waals surface area (Å²) >= 11 is 1.88. The predicted octanol–water partition coefficient (Wildman–Crippen LogP) is 12.6. The molecule has 0 fully saturated rings. The highest BCUT2D eigenvalue weighted by molar-refractivity contribution is 7.99. The second kappa shape index (κ2) is 9.97. The summed E-state index contributed by atoms with van der Waals surface area (Å²) in [6.07, 6.45) is 0. The summed E-state index contributed by atoms with van der Waals surface area (Å²) < 4.78 is 2.40. The fourth-order valence-corrected chi connectivity index (χ4v) is 8.49. The van der Waals surface area contributed by atoms with Crippen LogP contribution in [0.25, 0.3) is 82.4 Å². The van der Waals surface area contributed by atoms with Crippen LogP contribution < -0.4 is 0 Å². The molecule has 214 valence electrons. The van der Waals surface area contributed by atoms with Gasteiger partial charge in [0.1, 0.15) is 0 Å². The van der Waals surface area contributed by atoms with Crippen LogP contribution >= 0.6 is 11.8 Å². The molecule has 1 aliphatic rings. The maximum Gasteiger partial charge on any atom is 0.0547 e. The van der Waals surface area contributed by atoms with Crippen molar-refractivity contribution in [2.24, 2.45) is 0 Å². The van der Waals surface area contributed by atoms with Crippen LogP contribution in [0.2, 0.25) is 0 Å². The van der Waals surface area contributed by atoms with Gasteiger partial charge in [-0.25, -0.2) is 0 Å². The Morgan fingerprint density at radius 2 is 1.02 bits per heavy atom. The van der Waals surface area contributed by atoms with E-state index in [1.807, 2.05) is 11.8 Å². The standard InChI is InChI=1S/C44H27NS/c1-2-15-35(16-3-1)45-40-21-19-33(25-37(40)38-24-31-9-4-5-10-32(31)27-41(38)45)29-13-6-14-30(23-29)34-20-22-42-39(26-34)36-17-7-11-28-12-8-18-43(46-42)44(28)36/h1-27H. The van der Waals surface area contributed by atoms with E-state index in [9.17, 15) is 0 Å². The van der Waals surface area contributed by atoms with Gasteiger partial charge in [-0.3, -0.25) is 0 Å². The third kappa shape index (κ3) is 3.90. The first-order valence-corrected chi connectivity index (χ1v) is 16.6. The van der Waals surface area contributed by atoms with Gasteiger partial charge in [-0.05, 0) is 110 Å². The van der Waals surface area contributed by atoms with Crippen LogP contribution in [0.1, 0.15) is 0 Å². The largest absolute Gasteiger partial charge is 0.309 e. The van der Waals surface area contributed by atoms with Gasteiger partial charge in [-0.2, -0.15) is 0 Å². The van der Waals surface area contributed by atoms with Gasteiger partial charge in [-0.1, -0.05) is 115 Å². The molecule has 0 saturated carbocycles. The predicted molar refractivity (Wildman–Crippen MR) is 196 cm³/mol. The van der Waals surface area contributed by atoms with Crippen molar-refractivity contribution in [3.63, 3.8) is 0 Å².